The number of fused-ring (bicyclic) bond motifs is 1. The van der Waals surface area contributed by atoms with Crippen molar-refractivity contribution in [1.29, 1.82) is 0 Å². The molecular formula is C19H20O4. The van der Waals surface area contributed by atoms with E-state index in [0.717, 1.165) is 29.4 Å². The fourth-order valence-electron chi connectivity index (χ4n) is 2.90. The topological polar surface area (TPSA) is 56.5 Å². The van der Waals surface area contributed by atoms with Crippen molar-refractivity contribution in [2.45, 2.75) is 39.7 Å². The number of allylic oxidation sites excluding steroid dienone is 2. The largest absolute Gasteiger partial charge is 0.461 e. The van der Waals surface area contributed by atoms with E-state index in [2.05, 4.69) is 12.2 Å². The second kappa shape index (κ2) is 6.41. The first-order valence-corrected chi connectivity index (χ1v) is 7.89. The molecule has 1 atom stereocenters. The van der Waals surface area contributed by atoms with Gasteiger partial charge < -0.3 is 9.15 Å². The van der Waals surface area contributed by atoms with E-state index in [1.807, 2.05) is 26.0 Å². The Bertz CT molecular complexity index is 829. The van der Waals surface area contributed by atoms with Gasteiger partial charge in [0.2, 0.25) is 0 Å². The molecule has 0 saturated heterocycles. The van der Waals surface area contributed by atoms with E-state index in [4.69, 9.17) is 9.15 Å². The van der Waals surface area contributed by atoms with E-state index >= 15 is 0 Å². The highest BCUT2D eigenvalue weighted by Crippen LogP contribution is 2.23. The van der Waals surface area contributed by atoms with Crippen molar-refractivity contribution in [2.75, 3.05) is 0 Å². The van der Waals surface area contributed by atoms with Crippen LogP contribution in [0.2, 0.25) is 0 Å². The van der Waals surface area contributed by atoms with E-state index in [-0.39, 0.29) is 18.5 Å². The number of carbonyl (C=O) groups is 1. The van der Waals surface area contributed by atoms with Crippen molar-refractivity contribution in [2.24, 2.45) is 5.92 Å². The summed E-state index contributed by atoms with van der Waals surface area (Å²) in [5, 5.41) is 0.821. The quantitative estimate of drug-likeness (QED) is 0.489. The Labute approximate surface area is 134 Å². The Kier molecular flexibility index (Phi) is 4.33. The van der Waals surface area contributed by atoms with E-state index in [9.17, 15) is 9.59 Å². The predicted octanol–water partition coefficient (Wildman–Crippen LogP) is 3.81. The van der Waals surface area contributed by atoms with Crippen LogP contribution in [0.25, 0.3) is 11.0 Å². The van der Waals surface area contributed by atoms with Gasteiger partial charge in [-0.25, -0.2) is 4.79 Å². The first-order chi connectivity index (χ1) is 11.0. The third-order valence-corrected chi connectivity index (χ3v) is 4.37. The molecule has 0 radical (unpaired) electrons. The highest BCUT2D eigenvalue weighted by Gasteiger charge is 2.16. The van der Waals surface area contributed by atoms with Crippen molar-refractivity contribution in [1.82, 2.24) is 0 Å². The number of rotatable bonds is 4. The molecular weight excluding hydrogens is 292 g/mol. The van der Waals surface area contributed by atoms with Gasteiger partial charge in [-0.15, -0.1) is 0 Å². The van der Waals surface area contributed by atoms with Crippen molar-refractivity contribution < 1.29 is 13.9 Å². The highest BCUT2D eigenvalue weighted by atomic mass is 16.5. The van der Waals surface area contributed by atoms with Gasteiger partial charge in [-0.1, -0.05) is 12.2 Å². The summed E-state index contributed by atoms with van der Waals surface area (Å²) < 4.78 is 10.6. The molecule has 0 unspecified atom stereocenters. The molecule has 1 aliphatic carbocycles. The minimum atomic E-state index is -0.425. The zero-order valence-corrected chi connectivity index (χ0v) is 13.4. The van der Waals surface area contributed by atoms with E-state index in [1.54, 1.807) is 0 Å². The Balaban J connectivity index is 1.79. The van der Waals surface area contributed by atoms with Gasteiger partial charge in [0, 0.05) is 17.0 Å². The van der Waals surface area contributed by atoms with Gasteiger partial charge in [0.25, 0.3) is 0 Å². The second-order valence-corrected chi connectivity index (χ2v) is 6.15. The zero-order chi connectivity index (χ0) is 16.4. The lowest BCUT2D eigenvalue weighted by Gasteiger charge is -2.10. The van der Waals surface area contributed by atoms with Crippen LogP contribution in [0.15, 0.2) is 39.6 Å². The maximum atomic E-state index is 12.0. The van der Waals surface area contributed by atoms with Gasteiger partial charge in [0.05, 0.1) is 6.42 Å². The first-order valence-electron chi connectivity index (χ1n) is 7.89. The Morgan fingerprint density at radius 3 is 2.78 bits per heavy atom. The lowest BCUT2D eigenvalue weighted by Crippen LogP contribution is -2.10. The molecule has 0 spiro atoms. The number of hydrogen-bond donors (Lipinski definition) is 0. The monoisotopic (exact) mass is 312 g/mol. The fourth-order valence-corrected chi connectivity index (χ4v) is 2.90. The van der Waals surface area contributed by atoms with E-state index in [0.29, 0.717) is 17.6 Å². The molecule has 3 rings (SSSR count). The molecule has 1 aromatic heterocycles. The summed E-state index contributed by atoms with van der Waals surface area (Å²) >= 11 is 0. The summed E-state index contributed by atoms with van der Waals surface area (Å²) in [6.07, 6.45) is 6.60. The van der Waals surface area contributed by atoms with Crippen LogP contribution in [0.1, 0.15) is 36.0 Å². The maximum Gasteiger partial charge on any atom is 0.336 e. The number of esters is 1. The normalized spacial score (nSPS) is 16.9. The van der Waals surface area contributed by atoms with Gasteiger partial charge >= 0.3 is 11.6 Å². The first kappa shape index (κ1) is 15.5. The third-order valence-electron chi connectivity index (χ3n) is 4.37. The maximum absolute atomic E-state index is 12.0. The molecule has 0 aliphatic heterocycles. The molecule has 2 aromatic rings. The van der Waals surface area contributed by atoms with Crippen molar-refractivity contribution >= 4 is 16.9 Å². The molecule has 4 nitrogen and oxygen atoms in total. The lowest BCUT2D eigenvalue weighted by atomic mass is 10.0. The van der Waals surface area contributed by atoms with Crippen LogP contribution in [-0.2, 0) is 16.1 Å². The van der Waals surface area contributed by atoms with Gasteiger partial charge in [0.15, 0.2) is 0 Å². The van der Waals surface area contributed by atoms with Crippen LogP contribution in [0, 0.1) is 19.8 Å². The second-order valence-electron chi connectivity index (χ2n) is 6.15. The average molecular weight is 312 g/mol. The van der Waals surface area contributed by atoms with Gasteiger partial charge in [-0.05, 0) is 55.9 Å². The summed E-state index contributed by atoms with van der Waals surface area (Å²) in [5.74, 6) is 0.0526. The van der Waals surface area contributed by atoms with Crippen LogP contribution >= 0.6 is 0 Å². The molecule has 1 heterocycles. The molecule has 0 N–H and O–H groups in total. The summed E-state index contributed by atoms with van der Waals surface area (Å²) in [4.78, 5) is 23.7. The summed E-state index contributed by atoms with van der Waals surface area (Å²) in [5.41, 5.74) is 2.96. The van der Waals surface area contributed by atoms with Crippen molar-refractivity contribution in [3.8, 4) is 0 Å². The van der Waals surface area contributed by atoms with Crippen molar-refractivity contribution in [3.05, 3.63) is 57.5 Å². The SMILES string of the molecule is Cc1cc2oc(=O)cc(COC(=O)C[C@H]3C=CCC3)c2cc1C. The smallest absolute Gasteiger partial charge is 0.336 e. The Morgan fingerprint density at radius 1 is 1.26 bits per heavy atom. The van der Waals surface area contributed by atoms with Gasteiger partial charge in [0.1, 0.15) is 12.2 Å². The molecule has 0 saturated carbocycles. The summed E-state index contributed by atoms with van der Waals surface area (Å²) in [6.45, 7) is 4.07. The van der Waals surface area contributed by atoms with Crippen molar-refractivity contribution in [3.63, 3.8) is 0 Å². The minimum absolute atomic E-state index is 0.0971. The van der Waals surface area contributed by atoms with E-state index in [1.165, 1.54) is 6.07 Å². The molecule has 0 bridgehead atoms. The van der Waals surface area contributed by atoms with Crippen LogP contribution < -0.4 is 5.63 Å². The van der Waals surface area contributed by atoms with Crippen LogP contribution in [-0.4, -0.2) is 5.97 Å². The molecule has 1 aliphatic rings. The molecule has 4 heteroatoms. The van der Waals surface area contributed by atoms with E-state index < -0.39 is 5.63 Å². The van der Waals surface area contributed by atoms with Crippen LogP contribution in [0.5, 0.6) is 0 Å². The molecule has 0 amide bonds. The molecule has 1 aromatic carbocycles. The Hall–Kier alpha value is -2.36. The lowest BCUT2D eigenvalue weighted by molar-refractivity contribution is -0.145. The number of aryl methyl sites for hydroxylation is 2. The van der Waals surface area contributed by atoms with Crippen LogP contribution in [0.3, 0.4) is 0 Å². The third kappa shape index (κ3) is 3.52. The fraction of sp³-hybridized carbons (Fsp3) is 0.368. The number of benzene rings is 1. The molecule has 120 valence electrons. The average Bonchev–Trinajstić information content (AvgIpc) is 2.99. The predicted molar refractivity (Wildman–Crippen MR) is 88.2 cm³/mol. The summed E-state index contributed by atoms with van der Waals surface area (Å²) in [7, 11) is 0. The summed E-state index contributed by atoms with van der Waals surface area (Å²) in [6, 6.07) is 5.22. The van der Waals surface area contributed by atoms with Gasteiger partial charge in [-0.2, -0.15) is 0 Å². The Morgan fingerprint density at radius 2 is 2.04 bits per heavy atom. The van der Waals surface area contributed by atoms with Gasteiger partial charge in [-0.3, -0.25) is 4.79 Å². The number of carbonyl (C=O) groups excluding carboxylic acids is 1. The number of hydrogen-bond acceptors (Lipinski definition) is 4. The standard InChI is InChI=1S/C19H20O4/c1-12-7-16-15(10-19(21)23-17(16)8-13(12)2)11-22-18(20)9-14-5-3-4-6-14/h3,5,7-8,10,14H,4,6,9,11H2,1-2H3/t14-/m0/s1. The number of ether oxygens (including phenoxy) is 1. The molecule has 0 fully saturated rings. The molecule has 23 heavy (non-hydrogen) atoms. The minimum Gasteiger partial charge on any atom is -0.461 e. The van der Waals surface area contributed by atoms with Crippen LogP contribution in [0.4, 0.5) is 0 Å². The highest BCUT2D eigenvalue weighted by molar-refractivity contribution is 5.82. The zero-order valence-electron chi connectivity index (χ0n) is 13.4.